The molecule has 3 aliphatic heterocycles. The number of benzene rings is 2. The van der Waals surface area contributed by atoms with E-state index >= 15 is 0 Å². The van der Waals surface area contributed by atoms with E-state index in [9.17, 15) is 27.6 Å². The summed E-state index contributed by atoms with van der Waals surface area (Å²) in [6.07, 6.45) is 2.05. The predicted octanol–water partition coefficient (Wildman–Crippen LogP) is 3.88. The summed E-state index contributed by atoms with van der Waals surface area (Å²) < 4.78 is 54.8. The quantitative estimate of drug-likeness (QED) is 0.435. The fourth-order valence-corrected chi connectivity index (χ4v) is 6.03. The summed E-state index contributed by atoms with van der Waals surface area (Å²) in [7, 11) is 1.45. The Morgan fingerprint density at radius 2 is 1.98 bits per heavy atom. The van der Waals surface area contributed by atoms with Gasteiger partial charge in [0.05, 0.1) is 25.6 Å². The van der Waals surface area contributed by atoms with Gasteiger partial charge in [-0.25, -0.2) is 13.2 Å². The summed E-state index contributed by atoms with van der Waals surface area (Å²) in [5.74, 6) is -3.18. The van der Waals surface area contributed by atoms with Gasteiger partial charge in [-0.2, -0.15) is 0 Å². The second kappa shape index (κ2) is 11.7. The van der Waals surface area contributed by atoms with Gasteiger partial charge in [-0.3, -0.25) is 14.4 Å². The molecule has 2 amide bonds. The Morgan fingerprint density at radius 3 is 2.68 bits per heavy atom. The minimum Gasteiger partial charge on any atom is -0.483 e. The number of rotatable bonds is 7. The molecular formula is C31H29F3N4O6. The summed E-state index contributed by atoms with van der Waals surface area (Å²) in [5.41, 5.74) is -1.74. The monoisotopic (exact) mass is 610 g/mol. The molecule has 1 aromatic heterocycles. The number of pyridine rings is 1. The number of ether oxygens (including phenoxy) is 2. The zero-order valence-corrected chi connectivity index (χ0v) is 23.7. The van der Waals surface area contributed by atoms with Crippen molar-refractivity contribution < 1.29 is 37.1 Å². The highest BCUT2D eigenvalue weighted by Gasteiger charge is 2.55. The van der Waals surface area contributed by atoms with Crippen LogP contribution in [0.25, 0.3) is 0 Å². The molecule has 44 heavy (non-hydrogen) atoms. The SMILES string of the molecule is COC1=NO[C@@]2(CC[C@H](CF)N3C[C@H]2n2cc(C(=O)NCc4ccc(F)cc4F)c(=O)c(OCc4ccccc4)c2C3=O)C1. The highest BCUT2D eigenvalue weighted by molar-refractivity contribution is 5.99. The fourth-order valence-electron chi connectivity index (χ4n) is 6.03. The number of hydrogen-bond donors (Lipinski definition) is 1. The first-order valence-electron chi connectivity index (χ1n) is 14.1. The van der Waals surface area contributed by atoms with E-state index in [1.807, 2.05) is 6.07 Å². The van der Waals surface area contributed by atoms with Crippen molar-refractivity contribution >= 4 is 17.7 Å². The number of carbonyl (C=O) groups is 2. The average Bonchev–Trinajstić information content (AvgIpc) is 3.39. The third-order valence-corrected chi connectivity index (χ3v) is 8.43. The third-order valence-electron chi connectivity index (χ3n) is 8.43. The number of methoxy groups -OCH3 is 1. The number of amides is 2. The zero-order chi connectivity index (χ0) is 31.0. The van der Waals surface area contributed by atoms with Gasteiger partial charge in [0.2, 0.25) is 11.3 Å². The molecule has 1 fully saturated rings. The van der Waals surface area contributed by atoms with Crippen LogP contribution in [0.4, 0.5) is 13.2 Å². The molecule has 2 aromatic carbocycles. The Kier molecular flexibility index (Phi) is 7.78. The lowest BCUT2D eigenvalue weighted by Crippen LogP contribution is -2.53. The fraction of sp³-hybridized carbons (Fsp3) is 0.355. The highest BCUT2D eigenvalue weighted by Crippen LogP contribution is 2.46. The molecule has 13 heteroatoms. The molecule has 4 heterocycles. The molecule has 2 bridgehead atoms. The molecule has 0 radical (unpaired) electrons. The largest absolute Gasteiger partial charge is 0.483 e. The Bertz CT molecular complexity index is 1700. The van der Waals surface area contributed by atoms with Gasteiger partial charge in [-0.15, -0.1) is 0 Å². The molecule has 230 valence electrons. The van der Waals surface area contributed by atoms with Crippen molar-refractivity contribution in [2.45, 2.75) is 50.1 Å². The molecule has 6 rings (SSSR count). The number of fused-ring (bicyclic) bond motifs is 5. The molecule has 1 saturated heterocycles. The Hall–Kier alpha value is -4.81. The van der Waals surface area contributed by atoms with Crippen LogP contribution in [-0.4, -0.2) is 59.2 Å². The van der Waals surface area contributed by atoms with E-state index < -0.39 is 53.2 Å². The van der Waals surface area contributed by atoms with Crippen LogP contribution in [-0.2, 0) is 22.7 Å². The zero-order valence-electron chi connectivity index (χ0n) is 23.7. The number of hydrogen-bond acceptors (Lipinski definition) is 7. The van der Waals surface area contributed by atoms with Crippen LogP contribution < -0.4 is 15.5 Å². The van der Waals surface area contributed by atoms with Gasteiger partial charge < -0.3 is 29.1 Å². The van der Waals surface area contributed by atoms with E-state index in [2.05, 4.69) is 10.5 Å². The van der Waals surface area contributed by atoms with Crippen molar-refractivity contribution in [1.82, 2.24) is 14.8 Å². The van der Waals surface area contributed by atoms with E-state index in [-0.39, 0.29) is 55.1 Å². The summed E-state index contributed by atoms with van der Waals surface area (Å²) in [6, 6.07) is 10.4. The second-order valence-corrected chi connectivity index (χ2v) is 11.0. The number of nitrogens with zero attached hydrogens (tertiary/aromatic N) is 3. The lowest BCUT2D eigenvalue weighted by atomic mass is 9.85. The highest BCUT2D eigenvalue weighted by atomic mass is 19.1. The van der Waals surface area contributed by atoms with Crippen LogP contribution in [0.3, 0.4) is 0 Å². The number of aromatic nitrogens is 1. The molecule has 1 N–H and O–H groups in total. The summed E-state index contributed by atoms with van der Waals surface area (Å²) in [5, 5.41) is 6.57. The van der Waals surface area contributed by atoms with Gasteiger partial charge in [0.15, 0.2) is 17.0 Å². The van der Waals surface area contributed by atoms with Crippen LogP contribution in [0.2, 0.25) is 0 Å². The summed E-state index contributed by atoms with van der Waals surface area (Å²) in [6.45, 7) is -1.22. The van der Waals surface area contributed by atoms with Crippen molar-refractivity contribution in [2.24, 2.45) is 5.16 Å². The maximum absolute atomic E-state index is 14.3. The first kappa shape index (κ1) is 29.3. The molecule has 10 nitrogen and oxygen atoms in total. The van der Waals surface area contributed by atoms with Crippen LogP contribution in [0.15, 0.2) is 64.7 Å². The molecule has 3 aliphatic rings. The van der Waals surface area contributed by atoms with Crippen molar-refractivity contribution in [3.05, 3.63) is 99.0 Å². The van der Waals surface area contributed by atoms with Gasteiger partial charge in [0.1, 0.15) is 30.5 Å². The van der Waals surface area contributed by atoms with E-state index in [4.69, 9.17) is 14.3 Å². The number of halogens is 3. The third kappa shape index (κ3) is 5.16. The number of nitrogens with one attached hydrogen (secondary N) is 1. The first-order valence-corrected chi connectivity index (χ1v) is 14.1. The topological polar surface area (TPSA) is 111 Å². The lowest BCUT2D eigenvalue weighted by Gasteiger charge is -2.42. The van der Waals surface area contributed by atoms with Crippen molar-refractivity contribution in [3.63, 3.8) is 0 Å². The second-order valence-electron chi connectivity index (χ2n) is 11.0. The number of carbonyl (C=O) groups excluding carboxylic acids is 2. The maximum Gasteiger partial charge on any atom is 0.274 e. The smallest absolute Gasteiger partial charge is 0.274 e. The Morgan fingerprint density at radius 1 is 1.18 bits per heavy atom. The lowest BCUT2D eigenvalue weighted by molar-refractivity contribution is -0.0656. The van der Waals surface area contributed by atoms with Gasteiger partial charge in [0.25, 0.3) is 11.8 Å². The van der Waals surface area contributed by atoms with Crippen LogP contribution in [0, 0.1) is 11.6 Å². The maximum atomic E-state index is 14.3. The summed E-state index contributed by atoms with van der Waals surface area (Å²) in [4.78, 5) is 48.7. The van der Waals surface area contributed by atoms with E-state index in [0.717, 1.165) is 6.07 Å². The van der Waals surface area contributed by atoms with Gasteiger partial charge in [-0.05, 0) is 24.5 Å². The van der Waals surface area contributed by atoms with Crippen LogP contribution in [0.1, 0.15) is 57.3 Å². The van der Waals surface area contributed by atoms with Crippen LogP contribution >= 0.6 is 0 Å². The van der Waals surface area contributed by atoms with E-state index in [1.165, 1.54) is 28.8 Å². The predicted molar refractivity (Wildman–Crippen MR) is 151 cm³/mol. The Balaban J connectivity index is 1.46. The standard InChI is InChI=1S/C31H29F3N4O6/c1-42-25-12-31(44-36-25)10-9-21(13-32)37-16-24(31)38-15-22(29(40)35-14-19-7-8-20(33)11-23(19)34)27(39)28(26(38)30(37)41)43-17-18-5-3-2-4-6-18/h2-8,11,15,21,24H,9-10,12-14,16-17H2,1H3,(H,35,40)/t21-,24-,31+/m1/s1. The summed E-state index contributed by atoms with van der Waals surface area (Å²) >= 11 is 0. The molecule has 1 spiro atoms. The van der Waals surface area contributed by atoms with Gasteiger partial charge in [-0.1, -0.05) is 41.6 Å². The molecule has 3 aromatic rings. The minimum absolute atomic E-state index is 0.00719. The molecule has 0 saturated carbocycles. The van der Waals surface area contributed by atoms with E-state index in [1.54, 1.807) is 24.3 Å². The number of oxime groups is 1. The minimum atomic E-state index is -1.07. The van der Waals surface area contributed by atoms with Gasteiger partial charge in [0, 0.05) is 30.9 Å². The van der Waals surface area contributed by atoms with Crippen LogP contribution in [0.5, 0.6) is 5.75 Å². The van der Waals surface area contributed by atoms with E-state index in [0.29, 0.717) is 23.9 Å². The molecule has 0 unspecified atom stereocenters. The number of alkyl halides is 1. The average molecular weight is 611 g/mol. The van der Waals surface area contributed by atoms with Crippen molar-refractivity contribution in [3.8, 4) is 5.75 Å². The molecule has 0 aliphatic carbocycles. The normalized spacial score (nSPS) is 22.1. The molecular weight excluding hydrogens is 581 g/mol. The van der Waals surface area contributed by atoms with Crippen molar-refractivity contribution in [1.29, 1.82) is 0 Å². The molecule has 3 atom stereocenters. The first-order chi connectivity index (χ1) is 21.2. The van der Waals surface area contributed by atoms with Crippen molar-refractivity contribution in [2.75, 3.05) is 20.3 Å². The van der Waals surface area contributed by atoms with Gasteiger partial charge >= 0.3 is 0 Å². The Labute approximate surface area is 250 Å².